The molecule has 1 saturated carbocycles. The van der Waals surface area contributed by atoms with Crippen molar-refractivity contribution in [3.05, 3.63) is 12.4 Å². The maximum atomic E-state index is 5.51. The largest absolute Gasteiger partial charge is 0.474 e. The van der Waals surface area contributed by atoms with Gasteiger partial charge in [-0.1, -0.05) is 13.3 Å². The molecule has 4 nitrogen and oxygen atoms in total. The minimum Gasteiger partial charge on any atom is -0.474 e. The number of rotatable bonds is 5. The maximum Gasteiger partial charge on any atom is 0.234 e. The maximum absolute atomic E-state index is 5.51. The van der Waals surface area contributed by atoms with Crippen molar-refractivity contribution in [3.63, 3.8) is 0 Å². The zero-order chi connectivity index (χ0) is 12.3. The third-order valence-corrected chi connectivity index (χ3v) is 3.23. The predicted octanol–water partition coefficient (Wildman–Crippen LogP) is 2.87. The number of nitrogens with one attached hydrogen (secondary N) is 1. The van der Waals surface area contributed by atoms with Crippen LogP contribution in [0.4, 0.5) is 5.82 Å². The third kappa shape index (κ3) is 3.32. The second-order valence-corrected chi connectivity index (χ2v) is 5.43. The van der Waals surface area contributed by atoms with Crippen LogP contribution in [-0.4, -0.2) is 22.6 Å². The van der Waals surface area contributed by atoms with Crippen LogP contribution in [0.15, 0.2) is 12.4 Å². The van der Waals surface area contributed by atoms with Gasteiger partial charge in [-0.15, -0.1) is 0 Å². The average molecular weight is 235 g/mol. The summed E-state index contributed by atoms with van der Waals surface area (Å²) in [5.41, 5.74) is 0.441. The van der Waals surface area contributed by atoms with Gasteiger partial charge in [0.15, 0.2) is 0 Å². The number of anilines is 1. The van der Waals surface area contributed by atoms with Gasteiger partial charge in [-0.05, 0) is 32.1 Å². The number of aromatic nitrogens is 2. The molecule has 1 fully saturated rings. The van der Waals surface area contributed by atoms with E-state index >= 15 is 0 Å². The molecule has 4 heteroatoms. The Morgan fingerprint density at radius 1 is 1.41 bits per heavy atom. The van der Waals surface area contributed by atoms with E-state index in [1.165, 1.54) is 19.3 Å². The number of ether oxygens (including phenoxy) is 1. The minimum absolute atomic E-state index is 0.128. The summed E-state index contributed by atoms with van der Waals surface area (Å²) < 4.78 is 5.51. The lowest BCUT2D eigenvalue weighted by Gasteiger charge is -2.38. The summed E-state index contributed by atoms with van der Waals surface area (Å²) in [4.78, 5) is 8.51. The molecule has 0 amide bonds. The van der Waals surface area contributed by atoms with Crippen LogP contribution in [0.3, 0.4) is 0 Å². The summed E-state index contributed by atoms with van der Waals surface area (Å²) in [6, 6.07) is 0. The first-order valence-electron chi connectivity index (χ1n) is 6.30. The molecule has 0 aliphatic heterocycles. The van der Waals surface area contributed by atoms with E-state index in [-0.39, 0.29) is 6.10 Å². The molecule has 0 unspecified atom stereocenters. The standard InChI is InChI=1S/C13H21N3O/c1-10(2)17-12-8-14-7-11(16-12)15-9-13(3)5-4-6-13/h7-8,10H,4-6,9H2,1-3H3,(H,15,16). The molecule has 1 heterocycles. The van der Waals surface area contributed by atoms with Crippen molar-refractivity contribution in [2.45, 2.75) is 46.1 Å². The van der Waals surface area contributed by atoms with E-state index in [0.29, 0.717) is 11.3 Å². The van der Waals surface area contributed by atoms with Gasteiger partial charge in [-0.3, -0.25) is 4.98 Å². The molecule has 0 atom stereocenters. The molecule has 0 radical (unpaired) electrons. The van der Waals surface area contributed by atoms with E-state index in [1.807, 2.05) is 13.8 Å². The SMILES string of the molecule is CC(C)Oc1cncc(NCC2(C)CCC2)n1. The molecule has 0 bridgehead atoms. The Kier molecular flexibility index (Phi) is 3.50. The van der Waals surface area contributed by atoms with Crippen LogP contribution in [-0.2, 0) is 0 Å². The molecule has 1 aromatic heterocycles. The summed E-state index contributed by atoms with van der Waals surface area (Å²) in [5, 5.41) is 3.35. The van der Waals surface area contributed by atoms with E-state index < -0.39 is 0 Å². The number of hydrogen-bond donors (Lipinski definition) is 1. The van der Waals surface area contributed by atoms with E-state index in [2.05, 4.69) is 22.2 Å². The zero-order valence-corrected chi connectivity index (χ0v) is 10.9. The van der Waals surface area contributed by atoms with Crippen LogP contribution in [0.2, 0.25) is 0 Å². The summed E-state index contributed by atoms with van der Waals surface area (Å²) in [6.45, 7) is 7.24. The van der Waals surface area contributed by atoms with E-state index in [1.54, 1.807) is 12.4 Å². The van der Waals surface area contributed by atoms with Crippen LogP contribution in [0.25, 0.3) is 0 Å². The Balaban J connectivity index is 1.91. The van der Waals surface area contributed by atoms with Crippen molar-refractivity contribution in [2.75, 3.05) is 11.9 Å². The Bertz CT molecular complexity index is 375. The van der Waals surface area contributed by atoms with Gasteiger partial charge in [-0.25, -0.2) is 0 Å². The highest BCUT2D eigenvalue weighted by Gasteiger charge is 2.31. The molecule has 17 heavy (non-hydrogen) atoms. The van der Waals surface area contributed by atoms with Crippen molar-refractivity contribution in [1.29, 1.82) is 0 Å². The lowest BCUT2D eigenvalue weighted by molar-refractivity contribution is 0.179. The molecular weight excluding hydrogens is 214 g/mol. The van der Waals surface area contributed by atoms with Gasteiger partial charge >= 0.3 is 0 Å². The van der Waals surface area contributed by atoms with Crippen LogP contribution in [0.5, 0.6) is 5.88 Å². The van der Waals surface area contributed by atoms with Crippen LogP contribution >= 0.6 is 0 Å². The Morgan fingerprint density at radius 3 is 2.76 bits per heavy atom. The molecular formula is C13H21N3O. The lowest BCUT2D eigenvalue weighted by Crippen LogP contribution is -2.33. The van der Waals surface area contributed by atoms with Gasteiger partial charge in [0.25, 0.3) is 0 Å². The summed E-state index contributed by atoms with van der Waals surface area (Å²) in [7, 11) is 0. The van der Waals surface area contributed by atoms with Crippen molar-refractivity contribution in [1.82, 2.24) is 9.97 Å². The summed E-state index contributed by atoms with van der Waals surface area (Å²) >= 11 is 0. The molecule has 1 aliphatic carbocycles. The van der Waals surface area contributed by atoms with Crippen molar-refractivity contribution in [3.8, 4) is 5.88 Å². The monoisotopic (exact) mass is 235 g/mol. The average Bonchev–Trinajstić information content (AvgIpc) is 2.23. The molecule has 2 rings (SSSR count). The molecule has 1 aromatic rings. The van der Waals surface area contributed by atoms with Gasteiger partial charge in [0, 0.05) is 6.54 Å². The van der Waals surface area contributed by atoms with Crippen molar-refractivity contribution in [2.24, 2.45) is 5.41 Å². The Morgan fingerprint density at radius 2 is 2.18 bits per heavy atom. The minimum atomic E-state index is 0.128. The fraction of sp³-hybridized carbons (Fsp3) is 0.692. The first kappa shape index (κ1) is 12.1. The summed E-state index contributed by atoms with van der Waals surface area (Å²) in [5.74, 6) is 1.39. The lowest BCUT2D eigenvalue weighted by atomic mass is 9.70. The topological polar surface area (TPSA) is 47.0 Å². The highest BCUT2D eigenvalue weighted by molar-refractivity contribution is 5.33. The van der Waals surface area contributed by atoms with Crippen molar-refractivity contribution < 1.29 is 4.74 Å². The second-order valence-electron chi connectivity index (χ2n) is 5.43. The normalized spacial score (nSPS) is 17.6. The van der Waals surface area contributed by atoms with E-state index in [9.17, 15) is 0 Å². The molecule has 94 valence electrons. The zero-order valence-electron chi connectivity index (χ0n) is 10.9. The smallest absolute Gasteiger partial charge is 0.234 e. The first-order valence-corrected chi connectivity index (χ1v) is 6.30. The third-order valence-electron chi connectivity index (χ3n) is 3.23. The van der Waals surface area contributed by atoms with Gasteiger partial charge in [0.2, 0.25) is 5.88 Å². The fourth-order valence-corrected chi connectivity index (χ4v) is 1.99. The quantitative estimate of drug-likeness (QED) is 0.852. The first-order chi connectivity index (χ1) is 8.07. The summed E-state index contributed by atoms with van der Waals surface area (Å²) in [6.07, 6.45) is 7.47. The Labute approximate surface area is 103 Å². The van der Waals surface area contributed by atoms with Gasteiger partial charge < -0.3 is 10.1 Å². The van der Waals surface area contributed by atoms with Crippen LogP contribution in [0, 0.1) is 5.41 Å². The van der Waals surface area contributed by atoms with Gasteiger partial charge in [-0.2, -0.15) is 4.98 Å². The van der Waals surface area contributed by atoms with Gasteiger partial charge in [0.1, 0.15) is 5.82 Å². The molecule has 1 N–H and O–H groups in total. The van der Waals surface area contributed by atoms with Crippen LogP contribution < -0.4 is 10.1 Å². The number of hydrogen-bond acceptors (Lipinski definition) is 4. The molecule has 0 aromatic carbocycles. The molecule has 0 saturated heterocycles. The van der Waals surface area contributed by atoms with Crippen LogP contribution in [0.1, 0.15) is 40.0 Å². The molecule has 1 aliphatic rings. The predicted molar refractivity (Wildman–Crippen MR) is 68.2 cm³/mol. The number of nitrogens with zero attached hydrogens (tertiary/aromatic N) is 2. The highest BCUT2D eigenvalue weighted by atomic mass is 16.5. The molecule has 0 spiro atoms. The highest BCUT2D eigenvalue weighted by Crippen LogP contribution is 2.40. The Hall–Kier alpha value is -1.32. The fourth-order valence-electron chi connectivity index (χ4n) is 1.99. The van der Waals surface area contributed by atoms with E-state index in [0.717, 1.165) is 12.4 Å². The van der Waals surface area contributed by atoms with Crippen molar-refractivity contribution >= 4 is 5.82 Å². The second kappa shape index (κ2) is 4.90. The van der Waals surface area contributed by atoms with Gasteiger partial charge in [0.05, 0.1) is 18.5 Å². The van der Waals surface area contributed by atoms with E-state index in [4.69, 9.17) is 4.74 Å².